The molecule has 0 saturated carbocycles. The normalized spacial score (nSPS) is 20.9. The van der Waals surface area contributed by atoms with Gasteiger partial charge in [0.15, 0.2) is 0 Å². The summed E-state index contributed by atoms with van der Waals surface area (Å²) in [6.45, 7) is 3.81. The lowest BCUT2D eigenvalue weighted by Gasteiger charge is -2.37. The highest BCUT2D eigenvalue weighted by atomic mass is 16.5. The number of carbonyl (C=O) groups excluding carboxylic acids is 2. The second-order valence-corrected chi connectivity index (χ2v) is 6.25. The fraction of sp³-hybridized carbons (Fsp3) is 0.556. The van der Waals surface area contributed by atoms with E-state index in [0.717, 1.165) is 38.2 Å². The number of amides is 2. The summed E-state index contributed by atoms with van der Waals surface area (Å²) in [6.07, 6.45) is 2.41. The molecule has 1 N–H and O–H groups in total. The third-order valence-electron chi connectivity index (χ3n) is 4.59. The minimum Gasteiger partial charge on any atom is -0.493 e. The molecule has 1 atom stereocenters. The molecule has 0 bridgehead atoms. The Labute approximate surface area is 142 Å². The Morgan fingerprint density at radius 3 is 2.62 bits per heavy atom. The Hall–Kier alpha value is -2.08. The highest BCUT2D eigenvalue weighted by molar-refractivity contribution is 5.88. The van der Waals surface area contributed by atoms with Crippen molar-refractivity contribution in [2.75, 3.05) is 39.3 Å². The predicted octanol–water partition coefficient (Wildman–Crippen LogP) is 0.878. The van der Waals surface area contributed by atoms with Gasteiger partial charge in [-0.2, -0.15) is 0 Å². The number of para-hydroxylation sites is 1. The van der Waals surface area contributed by atoms with Crippen molar-refractivity contribution in [1.29, 1.82) is 0 Å². The molecular formula is C18H25N3O3. The second-order valence-electron chi connectivity index (χ2n) is 6.25. The Balaban J connectivity index is 1.54. The number of ether oxygens (including phenoxy) is 1. The number of hydrogen-bond acceptors (Lipinski definition) is 4. The second kappa shape index (κ2) is 8.15. The van der Waals surface area contributed by atoms with Crippen LogP contribution in [0.1, 0.15) is 19.3 Å². The molecule has 2 amide bonds. The predicted molar refractivity (Wildman–Crippen MR) is 90.7 cm³/mol. The molecule has 0 aromatic heterocycles. The summed E-state index contributed by atoms with van der Waals surface area (Å²) >= 11 is 0. The quantitative estimate of drug-likeness (QED) is 0.870. The maximum atomic E-state index is 12.7. The summed E-state index contributed by atoms with van der Waals surface area (Å²) in [5, 5.41) is 3.23. The highest BCUT2D eigenvalue weighted by Crippen LogP contribution is 2.15. The topological polar surface area (TPSA) is 61.9 Å². The molecule has 0 unspecified atom stereocenters. The van der Waals surface area contributed by atoms with E-state index in [-0.39, 0.29) is 17.9 Å². The van der Waals surface area contributed by atoms with Crippen LogP contribution in [0.25, 0.3) is 0 Å². The largest absolute Gasteiger partial charge is 0.493 e. The molecule has 2 heterocycles. The van der Waals surface area contributed by atoms with Crippen LogP contribution in [0.3, 0.4) is 0 Å². The lowest BCUT2D eigenvalue weighted by molar-refractivity contribution is -0.146. The number of likely N-dealkylation sites (tertiary alicyclic amines) is 1. The smallest absolute Gasteiger partial charge is 0.246 e. The monoisotopic (exact) mass is 331 g/mol. The van der Waals surface area contributed by atoms with Gasteiger partial charge in [0.25, 0.3) is 0 Å². The van der Waals surface area contributed by atoms with Crippen LogP contribution in [0.5, 0.6) is 5.75 Å². The van der Waals surface area contributed by atoms with Crippen molar-refractivity contribution in [1.82, 2.24) is 15.1 Å². The number of nitrogens with one attached hydrogen (secondary N) is 1. The third-order valence-corrected chi connectivity index (χ3v) is 4.59. The first-order chi connectivity index (χ1) is 11.8. The lowest BCUT2D eigenvalue weighted by Crippen LogP contribution is -2.60. The Morgan fingerprint density at radius 1 is 1.12 bits per heavy atom. The minimum absolute atomic E-state index is 0.00928. The van der Waals surface area contributed by atoms with Crippen LogP contribution >= 0.6 is 0 Å². The molecule has 2 saturated heterocycles. The van der Waals surface area contributed by atoms with Gasteiger partial charge in [-0.15, -0.1) is 0 Å². The highest BCUT2D eigenvalue weighted by Gasteiger charge is 2.35. The van der Waals surface area contributed by atoms with Gasteiger partial charge in [0.05, 0.1) is 13.0 Å². The van der Waals surface area contributed by atoms with E-state index in [1.54, 1.807) is 4.90 Å². The molecule has 130 valence electrons. The molecular weight excluding hydrogens is 306 g/mol. The van der Waals surface area contributed by atoms with Gasteiger partial charge in [0, 0.05) is 32.7 Å². The summed E-state index contributed by atoms with van der Waals surface area (Å²) in [7, 11) is 0. The molecule has 6 heteroatoms. The lowest BCUT2D eigenvalue weighted by atomic mass is 10.1. The van der Waals surface area contributed by atoms with Gasteiger partial charge < -0.3 is 19.9 Å². The van der Waals surface area contributed by atoms with Crippen LogP contribution in [0.4, 0.5) is 0 Å². The standard InChI is InChI=1S/C18H25N3O3/c22-17(8-13-24-15-6-2-1-3-7-15)21-12-9-19-14-16(21)18(23)20-10-4-5-11-20/h1-3,6-7,16,19H,4-5,8-14H2/t16-/m0/s1. The Kier molecular flexibility index (Phi) is 5.69. The van der Waals surface area contributed by atoms with Crippen LogP contribution in [0.15, 0.2) is 30.3 Å². The van der Waals surface area contributed by atoms with E-state index in [1.807, 2.05) is 35.2 Å². The first-order valence-electron chi connectivity index (χ1n) is 8.72. The van der Waals surface area contributed by atoms with E-state index in [0.29, 0.717) is 26.1 Å². The molecule has 1 aromatic rings. The zero-order chi connectivity index (χ0) is 16.8. The van der Waals surface area contributed by atoms with Crippen LogP contribution in [0, 0.1) is 0 Å². The van der Waals surface area contributed by atoms with Gasteiger partial charge in [-0.05, 0) is 25.0 Å². The van der Waals surface area contributed by atoms with Crippen molar-refractivity contribution < 1.29 is 14.3 Å². The van der Waals surface area contributed by atoms with Crippen molar-refractivity contribution in [3.05, 3.63) is 30.3 Å². The fourth-order valence-electron chi connectivity index (χ4n) is 3.29. The number of carbonyl (C=O) groups is 2. The first-order valence-corrected chi connectivity index (χ1v) is 8.72. The molecule has 0 spiro atoms. The minimum atomic E-state index is -0.374. The summed E-state index contributed by atoms with van der Waals surface area (Å²) in [5.41, 5.74) is 0. The molecule has 2 aliphatic rings. The van der Waals surface area contributed by atoms with E-state index in [1.165, 1.54) is 0 Å². The summed E-state index contributed by atoms with van der Waals surface area (Å²) in [6, 6.07) is 9.09. The van der Waals surface area contributed by atoms with Crippen molar-refractivity contribution in [2.24, 2.45) is 0 Å². The van der Waals surface area contributed by atoms with Gasteiger partial charge in [0.1, 0.15) is 11.8 Å². The number of rotatable bonds is 5. The van der Waals surface area contributed by atoms with Crippen LogP contribution in [-0.2, 0) is 9.59 Å². The maximum Gasteiger partial charge on any atom is 0.246 e. The Bertz CT molecular complexity index is 558. The van der Waals surface area contributed by atoms with Crippen LogP contribution < -0.4 is 10.1 Å². The number of nitrogens with zero attached hydrogens (tertiary/aromatic N) is 2. The first kappa shape index (κ1) is 16.8. The SMILES string of the molecule is O=C([C@@H]1CNCCN1C(=O)CCOc1ccccc1)N1CCCC1. The average Bonchev–Trinajstić information content (AvgIpc) is 3.16. The van der Waals surface area contributed by atoms with E-state index in [4.69, 9.17) is 4.74 Å². The van der Waals surface area contributed by atoms with E-state index in [2.05, 4.69) is 5.32 Å². The summed E-state index contributed by atoms with van der Waals surface area (Å²) in [5.74, 6) is 0.831. The molecule has 2 fully saturated rings. The van der Waals surface area contributed by atoms with Gasteiger partial charge in [-0.1, -0.05) is 18.2 Å². The van der Waals surface area contributed by atoms with E-state index >= 15 is 0 Å². The zero-order valence-electron chi connectivity index (χ0n) is 13.9. The molecule has 3 rings (SSSR count). The maximum absolute atomic E-state index is 12.7. The number of benzene rings is 1. The zero-order valence-corrected chi connectivity index (χ0v) is 13.9. The molecule has 0 radical (unpaired) electrons. The summed E-state index contributed by atoms with van der Waals surface area (Å²) in [4.78, 5) is 28.9. The van der Waals surface area contributed by atoms with Gasteiger partial charge >= 0.3 is 0 Å². The molecule has 24 heavy (non-hydrogen) atoms. The van der Waals surface area contributed by atoms with Gasteiger partial charge in [0.2, 0.25) is 11.8 Å². The van der Waals surface area contributed by atoms with Crippen molar-refractivity contribution in [3.8, 4) is 5.75 Å². The van der Waals surface area contributed by atoms with Crippen molar-refractivity contribution >= 4 is 11.8 Å². The number of hydrogen-bond donors (Lipinski definition) is 1. The molecule has 1 aromatic carbocycles. The van der Waals surface area contributed by atoms with E-state index < -0.39 is 0 Å². The molecule has 0 aliphatic carbocycles. The molecule has 6 nitrogen and oxygen atoms in total. The van der Waals surface area contributed by atoms with Crippen LogP contribution in [-0.4, -0.2) is 67.0 Å². The van der Waals surface area contributed by atoms with Crippen LogP contribution in [0.2, 0.25) is 0 Å². The van der Waals surface area contributed by atoms with E-state index in [9.17, 15) is 9.59 Å². The Morgan fingerprint density at radius 2 is 1.88 bits per heavy atom. The van der Waals surface area contributed by atoms with Gasteiger partial charge in [-0.3, -0.25) is 9.59 Å². The van der Waals surface area contributed by atoms with Crippen molar-refractivity contribution in [3.63, 3.8) is 0 Å². The van der Waals surface area contributed by atoms with Gasteiger partial charge in [-0.25, -0.2) is 0 Å². The average molecular weight is 331 g/mol. The summed E-state index contributed by atoms with van der Waals surface area (Å²) < 4.78 is 5.60. The number of piperazine rings is 1. The van der Waals surface area contributed by atoms with Crippen molar-refractivity contribution in [2.45, 2.75) is 25.3 Å². The fourth-order valence-corrected chi connectivity index (χ4v) is 3.29. The molecule has 2 aliphatic heterocycles. The third kappa shape index (κ3) is 4.06.